The number of carbonyl (C=O) groups excluding carboxylic acids is 2. The van der Waals surface area contributed by atoms with E-state index in [1.165, 1.54) is 30.4 Å². The molecule has 2 aromatic rings. The molecule has 3 N–H and O–H groups in total. The number of rotatable bonds is 8. The lowest BCUT2D eigenvalue weighted by atomic mass is 9.93. The minimum atomic E-state index is 0.0687. The number of methoxy groups -OCH3 is 1. The molecule has 1 saturated carbocycles. The zero-order valence-corrected chi connectivity index (χ0v) is 22.3. The molecule has 2 aliphatic rings. The molecule has 8 heteroatoms. The predicted molar refractivity (Wildman–Crippen MR) is 147 cm³/mol. The molecular formula is C28H41N5O3. The van der Waals surface area contributed by atoms with Crippen LogP contribution in [0.5, 0.6) is 5.75 Å². The van der Waals surface area contributed by atoms with Crippen LogP contribution < -0.4 is 20.7 Å². The standard InChI is InChI=1S/C19H30N4O.C9H11NO2/c1-14-11-15(20-9-10-22(2)3)12-18-17(14)13-23(19(24)21-18)16-7-5-4-6-8-16;1-7-3-4-8(10-6-11)5-9(7)12-2/h11-12,16,20H,4-10,13H2,1-3H3,(H,21,24);3-6H,1-2H3,(H,10,11). The highest BCUT2D eigenvalue weighted by atomic mass is 16.5. The minimum absolute atomic E-state index is 0.0687. The molecule has 0 aromatic heterocycles. The van der Waals surface area contributed by atoms with Gasteiger partial charge in [0.25, 0.3) is 0 Å². The maximum atomic E-state index is 12.6. The van der Waals surface area contributed by atoms with Crippen LogP contribution in [-0.2, 0) is 11.3 Å². The largest absolute Gasteiger partial charge is 0.496 e. The van der Waals surface area contributed by atoms with Crippen molar-refractivity contribution in [3.63, 3.8) is 0 Å². The summed E-state index contributed by atoms with van der Waals surface area (Å²) in [6.07, 6.45) is 6.73. The number of ether oxygens (including phenoxy) is 1. The lowest BCUT2D eigenvalue weighted by Crippen LogP contribution is -2.46. The Balaban J connectivity index is 0.000000253. The van der Waals surface area contributed by atoms with E-state index in [4.69, 9.17) is 4.74 Å². The van der Waals surface area contributed by atoms with Gasteiger partial charge in [-0.1, -0.05) is 25.3 Å². The fourth-order valence-corrected chi connectivity index (χ4v) is 4.76. The van der Waals surface area contributed by atoms with E-state index in [2.05, 4.69) is 54.0 Å². The van der Waals surface area contributed by atoms with Crippen molar-refractivity contribution in [2.24, 2.45) is 0 Å². The van der Waals surface area contributed by atoms with Crippen molar-refractivity contribution in [2.45, 2.75) is 58.5 Å². The Labute approximate surface area is 215 Å². The van der Waals surface area contributed by atoms with Crippen LogP contribution in [-0.4, -0.2) is 62.6 Å². The zero-order valence-electron chi connectivity index (χ0n) is 22.3. The van der Waals surface area contributed by atoms with Gasteiger partial charge < -0.3 is 30.5 Å². The van der Waals surface area contributed by atoms with Crippen LogP contribution in [0.25, 0.3) is 0 Å². The normalized spacial score (nSPS) is 15.4. The second-order valence-corrected chi connectivity index (χ2v) is 9.85. The van der Waals surface area contributed by atoms with Gasteiger partial charge >= 0.3 is 6.03 Å². The maximum Gasteiger partial charge on any atom is 0.322 e. The van der Waals surface area contributed by atoms with Gasteiger partial charge in [0.2, 0.25) is 6.41 Å². The molecular weight excluding hydrogens is 454 g/mol. The van der Waals surface area contributed by atoms with Gasteiger partial charge in [-0.3, -0.25) is 4.79 Å². The molecule has 2 aromatic carbocycles. The Kier molecular flexibility index (Phi) is 9.99. The Morgan fingerprint density at radius 1 is 1.08 bits per heavy atom. The number of hydrogen-bond acceptors (Lipinski definition) is 5. The summed E-state index contributed by atoms with van der Waals surface area (Å²) < 4.78 is 5.08. The van der Waals surface area contributed by atoms with Crippen LogP contribution in [0.4, 0.5) is 21.9 Å². The van der Waals surface area contributed by atoms with Gasteiger partial charge in [-0.2, -0.15) is 0 Å². The van der Waals surface area contributed by atoms with Crippen molar-refractivity contribution in [1.82, 2.24) is 9.80 Å². The lowest BCUT2D eigenvalue weighted by molar-refractivity contribution is -0.105. The second kappa shape index (κ2) is 13.2. The fraction of sp³-hybridized carbons (Fsp3) is 0.500. The third-order valence-electron chi connectivity index (χ3n) is 6.84. The Bertz CT molecular complexity index is 1030. The van der Waals surface area contributed by atoms with Gasteiger partial charge in [0.15, 0.2) is 0 Å². The van der Waals surface area contributed by atoms with Gasteiger partial charge in [0.05, 0.1) is 13.7 Å². The molecule has 0 bridgehead atoms. The number of fused-ring (bicyclic) bond motifs is 1. The van der Waals surface area contributed by atoms with Gasteiger partial charge in [-0.15, -0.1) is 0 Å². The van der Waals surface area contributed by atoms with E-state index >= 15 is 0 Å². The second-order valence-electron chi connectivity index (χ2n) is 9.85. The van der Waals surface area contributed by atoms with E-state index in [1.54, 1.807) is 13.2 Å². The first-order chi connectivity index (χ1) is 17.3. The van der Waals surface area contributed by atoms with Crippen LogP contribution >= 0.6 is 0 Å². The summed E-state index contributed by atoms with van der Waals surface area (Å²) in [6, 6.07) is 10.3. The Morgan fingerprint density at radius 3 is 2.50 bits per heavy atom. The quantitative estimate of drug-likeness (QED) is 0.437. The number of hydrogen-bond donors (Lipinski definition) is 3. The Hall–Kier alpha value is -3.26. The number of aryl methyl sites for hydroxylation is 2. The van der Waals surface area contributed by atoms with Crippen LogP contribution in [0.1, 0.15) is 48.8 Å². The number of carbonyl (C=O) groups is 2. The third-order valence-corrected chi connectivity index (χ3v) is 6.84. The summed E-state index contributed by atoms with van der Waals surface area (Å²) in [4.78, 5) is 26.9. The number of urea groups is 1. The summed E-state index contributed by atoms with van der Waals surface area (Å²) in [5.41, 5.74) is 6.36. The van der Waals surface area contributed by atoms with Crippen LogP contribution in [0.2, 0.25) is 0 Å². The molecule has 0 spiro atoms. The number of anilines is 3. The Morgan fingerprint density at radius 2 is 1.83 bits per heavy atom. The molecule has 1 fully saturated rings. The molecule has 1 aliphatic carbocycles. The van der Waals surface area contributed by atoms with Crippen LogP contribution in [0, 0.1) is 13.8 Å². The zero-order chi connectivity index (χ0) is 26.1. The molecule has 36 heavy (non-hydrogen) atoms. The molecule has 196 valence electrons. The monoisotopic (exact) mass is 495 g/mol. The van der Waals surface area contributed by atoms with E-state index in [1.807, 2.05) is 24.0 Å². The van der Waals surface area contributed by atoms with Gasteiger partial charge in [-0.05, 0) is 75.7 Å². The topological polar surface area (TPSA) is 85.9 Å². The first kappa shape index (κ1) is 27.3. The highest BCUT2D eigenvalue weighted by Crippen LogP contribution is 2.33. The van der Waals surface area contributed by atoms with E-state index in [-0.39, 0.29) is 6.03 Å². The van der Waals surface area contributed by atoms with Crippen molar-refractivity contribution in [3.8, 4) is 5.75 Å². The first-order valence-corrected chi connectivity index (χ1v) is 12.8. The fourth-order valence-electron chi connectivity index (χ4n) is 4.76. The SMILES string of the molecule is COc1cc(NC=O)ccc1C.Cc1cc(NCCN(C)C)cc2c1CN(C1CCCCC1)C(=O)N2. The van der Waals surface area contributed by atoms with Crippen molar-refractivity contribution < 1.29 is 14.3 Å². The summed E-state index contributed by atoms with van der Waals surface area (Å²) in [5.74, 6) is 0.779. The van der Waals surface area contributed by atoms with Gasteiger partial charge in [0, 0.05) is 42.3 Å². The number of nitrogens with one attached hydrogen (secondary N) is 3. The average molecular weight is 496 g/mol. The van der Waals surface area contributed by atoms with E-state index < -0.39 is 0 Å². The molecule has 3 amide bonds. The van der Waals surface area contributed by atoms with Gasteiger partial charge in [-0.25, -0.2) is 4.79 Å². The van der Waals surface area contributed by atoms with E-state index in [9.17, 15) is 9.59 Å². The molecule has 1 heterocycles. The molecule has 0 unspecified atom stereocenters. The molecule has 8 nitrogen and oxygen atoms in total. The highest BCUT2D eigenvalue weighted by Gasteiger charge is 2.30. The number of benzene rings is 2. The van der Waals surface area contributed by atoms with Crippen LogP contribution in [0.3, 0.4) is 0 Å². The first-order valence-electron chi connectivity index (χ1n) is 12.8. The lowest BCUT2D eigenvalue weighted by Gasteiger charge is -2.38. The van der Waals surface area contributed by atoms with Crippen molar-refractivity contribution >= 4 is 29.5 Å². The smallest absolute Gasteiger partial charge is 0.322 e. The van der Waals surface area contributed by atoms with Crippen LogP contribution in [0.15, 0.2) is 30.3 Å². The maximum absolute atomic E-state index is 12.6. The molecule has 0 saturated heterocycles. The molecule has 0 radical (unpaired) electrons. The average Bonchev–Trinajstić information content (AvgIpc) is 2.86. The summed E-state index contributed by atoms with van der Waals surface area (Å²) >= 11 is 0. The number of likely N-dealkylation sites (N-methyl/N-ethyl adjacent to an activating group) is 1. The van der Waals surface area contributed by atoms with Gasteiger partial charge in [0.1, 0.15) is 5.75 Å². The van der Waals surface area contributed by atoms with E-state index in [0.717, 1.165) is 60.9 Å². The minimum Gasteiger partial charge on any atom is -0.496 e. The molecule has 1 aliphatic heterocycles. The van der Waals surface area contributed by atoms with Crippen molar-refractivity contribution in [1.29, 1.82) is 0 Å². The summed E-state index contributed by atoms with van der Waals surface area (Å²) in [7, 11) is 5.74. The van der Waals surface area contributed by atoms with E-state index in [0.29, 0.717) is 12.5 Å². The highest BCUT2D eigenvalue weighted by molar-refractivity contribution is 5.93. The molecule has 4 rings (SSSR count). The molecule has 0 atom stereocenters. The number of amides is 3. The predicted octanol–water partition coefficient (Wildman–Crippen LogP) is 5.22. The third kappa shape index (κ3) is 7.37. The summed E-state index contributed by atoms with van der Waals surface area (Å²) in [5, 5.41) is 9.12. The number of nitrogens with zero attached hydrogens (tertiary/aromatic N) is 2. The van der Waals surface area contributed by atoms with Crippen molar-refractivity contribution in [3.05, 3.63) is 47.0 Å². The summed E-state index contributed by atoms with van der Waals surface area (Å²) in [6.45, 7) is 6.72. The van der Waals surface area contributed by atoms with Crippen molar-refractivity contribution in [2.75, 3.05) is 50.2 Å².